The van der Waals surface area contributed by atoms with Gasteiger partial charge < -0.3 is 127 Å². The molecule has 3 fully saturated rings. The molecule has 32 nitrogen and oxygen atoms in total. The van der Waals surface area contributed by atoms with Gasteiger partial charge in [-0.25, -0.2) is 14.4 Å². The van der Waals surface area contributed by atoms with Crippen LogP contribution in [-0.4, -0.2) is 251 Å². The van der Waals surface area contributed by atoms with Crippen molar-refractivity contribution < 1.29 is 156 Å². The molecule has 21 unspecified atom stereocenters. The Labute approximate surface area is 519 Å². The molecule has 32 heteroatoms. The van der Waals surface area contributed by atoms with Gasteiger partial charge in [0.05, 0.1) is 95.9 Å². The van der Waals surface area contributed by atoms with Gasteiger partial charge in [0.2, 0.25) is 18.9 Å². The zero-order chi connectivity index (χ0) is 66.5. The summed E-state index contributed by atoms with van der Waals surface area (Å²) in [5.41, 5.74) is 0.647. The molecule has 6 aliphatic rings. The number of allylic oxidation sites excluding steroid dienone is 3. The molecule has 0 amide bonds. The fourth-order valence-electron chi connectivity index (χ4n) is 10.7. The number of aliphatic hydroxyl groups excluding tert-OH is 11. The van der Waals surface area contributed by atoms with E-state index in [2.05, 4.69) is 0 Å². The Morgan fingerprint density at radius 2 is 0.791 bits per heavy atom. The van der Waals surface area contributed by atoms with Gasteiger partial charge >= 0.3 is 35.8 Å². The molecular formula is C59H76O32. The van der Waals surface area contributed by atoms with Crippen LogP contribution in [0.2, 0.25) is 0 Å². The molecule has 0 radical (unpaired) electrons. The Kier molecular flexibility index (Phi) is 25.7. The van der Waals surface area contributed by atoms with Crippen molar-refractivity contribution in [2.75, 3.05) is 47.8 Å². The summed E-state index contributed by atoms with van der Waals surface area (Å²) in [6.45, 7) is 2.17. The largest absolute Gasteiger partial charge is 0.468 e. The maximum absolute atomic E-state index is 13.7. The Morgan fingerprint density at radius 1 is 0.451 bits per heavy atom. The van der Waals surface area contributed by atoms with E-state index in [4.69, 9.17) is 71.1 Å². The predicted molar refractivity (Wildman–Crippen MR) is 296 cm³/mol. The van der Waals surface area contributed by atoms with Crippen LogP contribution in [0.5, 0.6) is 5.75 Å². The van der Waals surface area contributed by atoms with Crippen molar-refractivity contribution >= 4 is 35.8 Å². The summed E-state index contributed by atoms with van der Waals surface area (Å²) in [5.74, 6) is -8.61. The third kappa shape index (κ3) is 16.7. The summed E-state index contributed by atoms with van der Waals surface area (Å²) in [5, 5.41) is 115. The van der Waals surface area contributed by atoms with E-state index in [-0.39, 0.29) is 52.2 Å². The van der Waals surface area contributed by atoms with E-state index in [0.717, 1.165) is 40.1 Å². The second kappa shape index (κ2) is 32.7. The average molecular weight is 1300 g/mol. The van der Waals surface area contributed by atoms with Gasteiger partial charge in [0.1, 0.15) is 85.6 Å². The maximum Gasteiger partial charge on any atom is 0.337 e. The summed E-state index contributed by atoms with van der Waals surface area (Å²) < 4.78 is 82.6. The number of aliphatic hydroxyl groups is 11. The van der Waals surface area contributed by atoms with Gasteiger partial charge in [0.15, 0.2) is 18.9 Å². The number of rotatable bonds is 23. The molecule has 0 aliphatic carbocycles. The van der Waals surface area contributed by atoms with Crippen molar-refractivity contribution in [3.8, 4) is 5.75 Å². The first-order valence-electron chi connectivity index (χ1n) is 28.7. The highest BCUT2D eigenvalue weighted by molar-refractivity contribution is 5.92. The fraction of sp³-hybridized carbons (Fsp3) is 0.593. The standard InChI is InChI=1S/C59H76O32/c1-7-27-30(33(51(74)77-4)21-82-54(27)89-57-48(71)45(68)42(65)36(19-60)86-57)16-39(62)80-15-14-25-10-12-26(13-11-25)85-41(64)18-32-29(9-3)56(84-23-35(32)53(76)79-6)91-59-50(73)47(70)44(67)38(88-59)24-81-40(63)17-31-28(8-2)55(83-22-34(31)52(75)78-5)90-58-49(72)46(69)43(66)37(20-61)87-58/h7-13,21-23,30-32,36-38,42-50,54-61,65-73H,14-20,24H2,1-6H3. The predicted octanol–water partition coefficient (Wildman–Crippen LogP) is -3.22. The van der Waals surface area contributed by atoms with Gasteiger partial charge in [0, 0.05) is 40.9 Å². The molecule has 6 aliphatic heterocycles. The van der Waals surface area contributed by atoms with Gasteiger partial charge in [-0.2, -0.15) is 0 Å². The molecule has 3 saturated heterocycles. The van der Waals surface area contributed by atoms with Crippen molar-refractivity contribution in [1.82, 2.24) is 0 Å². The lowest BCUT2D eigenvalue weighted by Gasteiger charge is -2.42. The van der Waals surface area contributed by atoms with Crippen LogP contribution >= 0.6 is 0 Å². The average Bonchev–Trinajstić information content (AvgIpc) is 1.98. The number of carbonyl (C=O) groups is 6. The third-order valence-corrected chi connectivity index (χ3v) is 15.8. The topological polar surface area (TPSA) is 463 Å². The van der Waals surface area contributed by atoms with E-state index < -0.39 is 204 Å². The first-order valence-corrected chi connectivity index (χ1v) is 28.7. The summed E-state index contributed by atoms with van der Waals surface area (Å²) in [4.78, 5) is 79.4. The molecule has 1 aromatic carbocycles. The molecule has 21 atom stereocenters. The Balaban J connectivity index is 0.935. The van der Waals surface area contributed by atoms with Crippen LogP contribution in [-0.2, 0) is 102 Å². The molecule has 91 heavy (non-hydrogen) atoms. The first-order chi connectivity index (χ1) is 43.5. The number of ether oxygens (including phenoxy) is 15. The summed E-state index contributed by atoms with van der Waals surface area (Å²) in [6, 6.07) is 6.09. The molecule has 1 aromatic rings. The number of esters is 6. The quantitative estimate of drug-likeness (QED) is 0.0222. The number of carbonyl (C=O) groups excluding carboxylic acids is 6. The normalized spacial score (nSPS) is 35.5. The van der Waals surface area contributed by atoms with Crippen LogP contribution in [0, 0.1) is 17.8 Å². The fourth-order valence-corrected chi connectivity index (χ4v) is 10.7. The highest BCUT2D eigenvalue weighted by Crippen LogP contribution is 2.40. The van der Waals surface area contributed by atoms with E-state index in [1.165, 1.54) is 44.2 Å². The van der Waals surface area contributed by atoms with Crippen molar-refractivity contribution in [2.45, 2.75) is 157 Å². The number of hydrogen-bond donors (Lipinski definition) is 11. The highest BCUT2D eigenvalue weighted by Gasteiger charge is 2.51. The Morgan fingerprint density at radius 3 is 1.14 bits per heavy atom. The zero-order valence-electron chi connectivity index (χ0n) is 50.0. The van der Waals surface area contributed by atoms with E-state index in [9.17, 15) is 84.9 Å². The molecule has 504 valence electrons. The van der Waals surface area contributed by atoms with E-state index in [1.807, 2.05) is 0 Å². The molecular weight excluding hydrogens is 1220 g/mol. The van der Waals surface area contributed by atoms with Crippen molar-refractivity contribution in [1.29, 1.82) is 0 Å². The second-order valence-electron chi connectivity index (χ2n) is 21.3. The maximum atomic E-state index is 13.7. The summed E-state index contributed by atoms with van der Waals surface area (Å²) in [6.07, 6.45) is -24.3. The molecule has 6 heterocycles. The Hall–Kier alpha value is -6.80. The van der Waals surface area contributed by atoms with Crippen molar-refractivity contribution in [3.63, 3.8) is 0 Å². The Bertz CT molecular complexity index is 2900. The van der Waals surface area contributed by atoms with Crippen LogP contribution in [0.1, 0.15) is 45.6 Å². The lowest BCUT2D eigenvalue weighted by atomic mass is 9.86. The summed E-state index contributed by atoms with van der Waals surface area (Å²) >= 11 is 0. The highest BCUT2D eigenvalue weighted by atomic mass is 16.8. The number of benzene rings is 1. The minimum absolute atomic E-state index is 0.0655. The monoisotopic (exact) mass is 1300 g/mol. The molecule has 0 bridgehead atoms. The third-order valence-electron chi connectivity index (χ3n) is 15.8. The molecule has 7 rings (SSSR count). The lowest BCUT2D eigenvalue weighted by Crippen LogP contribution is -2.60. The molecule has 0 spiro atoms. The minimum Gasteiger partial charge on any atom is -0.468 e. The van der Waals surface area contributed by atoms with Gasteiger partial charge in [-0.1, -0.05) is 30.4 Å². The van der Waals surface area contributed by atoms with Crippen molar-refractivity contribution in [2.24, 2.45) is 17.8 Å². The van der Waals surface area contributed by atoms with E-state index in [0.29, 0.717) is 5.56 Å². The molecule has 0 saturated carbocycles. The van der Waals surface area contributed by atoms with Gasteiger partial charge in [0.25, 0.3) is 0 Å². The van der Waals surface area contributed by atoms with Crippen LogP contribution in [0.25, 0.3) is 0 Å². The smallest absolute Gasteiger partial charge is 0.337 e. The van der Waals surface area contributed by atoms with Gasteiger partial charge in [-0.3, -0.25) is 14.4 Å². The lowest BCUT2D eigenvalue weighted by molar-refractivity contribution is -0.328. The second-order valence-corrected chi connectivity index (χ2v) is 21.3. The SMILES string of the molecule is CC=C1C(OC2OC(CO)C(O)C(O)C2O)OC=C(C(=O)OC)C1CC(=O)OCCc1ccc(OC(=O)CC2C(C(=O)OC)=COC(OC3OC(COC(=O)CC4C(C(=O)OC)=COC(OC5OC(CO)C(O)C(O)C5O)C4=CC)C(O)C(O)C3O)C2=CC)cc1. The van der Waals surface area contributed by atoms with Crippen LogP contribution in [0.15, 0.2) is 94.7 Å². The van der Waals surface area contributed by atoms with E-state index >= 15 is 0 Å². The molecule has 0 aromatic heterocycles. The van der Waals surface area contributed by atoms with Gasteiger partial charge in [-0.15, -0.1) is 0 Å². The first kappa shape index (κ1) is 71.6. The zero-order valence-corrected chi connectivity index (χ0v) is 50.0. The number of hydrogen-bond acceptors (Lipinski definition) is 32. The van der Waals surface area contributed by atoms with Crippen molar-refractivity contribution in [3.05, 3.63) is 100 Å². The minimum atomic E-state index is -1.99. The van der Waals surface area contributed by atoms with Gasteiger partial charge in [-0.05, 0) is 38.5 Å². The summed E-state index contributed by atoms with van der Waals surface area (Å²) in [7, 11) is 3.29. The van der Waals surface area contributed by atoms with E-state index in [1.54, 1.807) is 19.1 Å². The van der Waals surface area contributed by atoms with Crippen LogP contribution in [0.4, 0.5) is 0 Å². The molecule has 11 N–H and O–H groups in total. The van der Waals surface area contributed by atoms with Crippen LogP contribution in [0.3, 0.4) is 0 Å². The van der Waals surface area contributed by atoms with Crippen LogP contribution < -0.4 is 4.74 Å². The number of methoxy groups -OCH3 is 3.